The third-order valence-electron chi connectivity index (χ3n) is 2.56. The number of nitrogens with one attached hydrogen (secondary N) is 1. The molecule has 0 fully saturated rings. The fraction of sp³-hybridized carbons (Fsp3) is 0.444. The van der Waals surface area contributed by atoms with Crippen LogP contribution in [0.2, 0.25) is 0 Å². The molecule has 13 heavy (non-hydrogen) atoms. The second-order valence-corrected chi connectivity index (χ2v) is 3.45. The highest BCUT2D eigenvalue weighted by Gasteiger charge is 2.26. The largest absolute Gasteiger partial charge is 0.477 e. The highest BCUT2D eigenvalue weighted by molar-refractivity contribution is 5.88. The third-order valence-corrected chi connectivity index (χ3v) is 2.56. The van der Waals surface area contributed by atoms with Crippen LogP contribution in [0.15, 0.2) is 0 Å². The maximum Gasteiger partial charge on any atom is 0.352 e. The molecular weight excluding hydrogens is 170 g/mol. The summed E-state index contributed by atoms with van der Waals surface area (Å²) in [5.74, 6) is -0.929. The van der Waals surface area contributed by atoms with Gasteiger partial charge in [-0.15, -0.1) is 0 Å². The summed E-state index contributed by atoms with van der Waals surface area (Å²) in [7, 11) is 0. The fourth-order valence-electron chi connectivity index (χ4n) is 1.91. The summed E-state index contributed by atoms with van der Waals surface area (Å²) in [6.07, 6.45) is 0.775. The maximum absolute atomic E-state index is 10.7. The summed E-state index contributed by atoms with van der Waals surface area (Å²) >= 11 is 0. The van der Waals surface area contributed by atoms with Crippen LogP contribution in [0.25, 0.3) is 0 Å². The summed E-state index contributed by atoms with van der Waals surface area (Å²) in [4.78, 5) is 13.5. The molecule has 1 atom stereocenters. The summed E-state index contributed by atoms with van der Waals surface area (Å²) in [6, 6.07) is 0. The van der Waals surface area contributed by atoms with E-state index in [1.54, 1.807) is 6.92 Å². The van der Waals surface area contributed by atoms with Crippen LogP contribution in [-0.2, 0) is 12.8 Å². The summed E-state index contributed by atoms with van der Waals surface area (Å²) < 4.78 is 0. The van der Waals surface area contributed by atoms with Gasteiger partial charge in [-0.2, -0.15) is 0 Å². The zero-order valence-electron chi connectivity index (χ0n) is 7.29. The number of rotatable bonds is 1. The van der Waals surface area contributed by atoms with Crippen molar-refractivity contribution in [1.29, 1.82) is 0 Å². The molecule has 0 saturated heterocycles. The minimum atomic E-state index is -0.929. The molecule has 0 aromatic carbocycles. The molecule has 70 valence electrons. The molecule has 0 aliphatic heterocycles. The molecular formula is C9H11NO3. The second kappa shape index (κ2) is 2.60. The van der Waals surface area contributed by atoms with Crippen molar-refractivity contribution < 1.29 is 15.0 Å². The van der Waals surface area contributed by atoms with Gasteiger partial charge in [0.1, 0.15) is 5.69 Å². The van der Waals surface area contributed by atoms with E-state index in [-0.39, 0.29) is 11.8 Å². The average molecular weight is 181 g/mol. The van der Waals surface area contributed by atoms with Crippen LogP contribution >= 0.6 is 0 Å². The normalized spacial score (nSPS) is 20.3. The molecule has 4 heteroatoms. The lowest BCUT2D eigenvalue weighted by molar-refractivity contribution is 0.0689. The fourth-order valence-corrected chi connectivity index (χ4v) is 1.91. The van der Waals surface area contributed by atoms with Crippen LogP contribution in [-0.4, -0.2) is 27.3 Å². The Kier molecular flexibility index (Phi) is 1.66. The van der Waals surface area contributed by atoms with Gasteiger partial charge in [0.2, 0.25) is 0 Å². The quantitative estimate of drug-likeness (QED) is 0.590. The summed E-state index contributed by atoms with van der Waals surface area (Å²) in [5.41, 5.74) is 2.88. The van der Waals surface area contributed by atoms with Crippen LogP contribution < -0.4 is 0 Å². The Morgan fingerprint density at radius 3 is 2.77 bits per heavy atom. The van der Waals surface area contributed by atoms with Crippen LogP contribution in [0.4, 0.5) is 0 Å². The maximum atomic E-state index is 10.7. The highest BCUT2D eigenvalue weighted by Crippen LogP contribution is 2.27. The van der Waals surface area contributed by atoms with Gasteiger partial charge in [0.15, 0.2) is 0 Å². The molecule has 1 aliphatic carbocycles. The average Bonchev–Trinajstić information content (AvgIpc) is 2.51. The topological polar surface area (TPSA) is 73.3 Å². The van der Waals surface area contributed by atoms with E-state index in [4.69, 9.17) is 5.11 Å². The minimum Gasteiger partial charge on any atom is -0.477 e. The predicted octanol–water partition coefficient (Wildman–Crippen LogP) is 0.481. The van der Waals surface area contributed by atoms with Crippen molar-refractivity contribution in [1.82, 2.24) is 4.98 Å². The second-order valence-electron chi connectivity index (χ2n) is 3.45. The molecule has 0 saturated carbocycles. The summed E-state index contributed by atoms with van der Waals surface area (Å²) in [6.45, 7) is 1.77. The molecule has 1 aliphatic rings. The molecule has 0 radical (unpaired) electrons. The van der Waals surface area contributed by atoms with Gasteiger partial charge in [0.25, 0.3) is 0 Å². The molecule has 1 aromatic rings. The lowest BCUT2D eigenvalue weighted by Gasteiger charge is -1.99. The molecule has 0 amide bonds. The van der Waals surface area contributed by atoms with Crippen LogP contribution in [0, 0.1) is 6.92 Å². The Labute approximate surface area is 75.2 Å². The highest BCUT2D eigenvalue weighted by atomic mass is 16.4. The Bertz CT molecular complexity index is 367. The van der Waals surface area contributed by atoms with Crippen molar-refractivity contribution in [2.24, 2.45) is 0 Å². The van der Waals surface area contributed by atoms with Crippen molar-refractivity contribution in [3.8, 4) is 0 Å². The van der Waals surface area contributed by atoms with E-state index in [1.165, 1.54) is 0 Å². The number of aromatic carboxylic acids is 1. The SMILES string of the molecule is Cc1c(C(=O)O)[nH]c2c1CC(O)C2. The monoisotopic (exact) mass is 181 g/mol. The zero-order chi connectivity index (χ0) is 9.59. The molecule has 1 heterocycles. The number of aliphatic hydroxyl groups excluding tert-OH is 1. The van der Waals surface area contributed by atoms with Crippen molar-refractivity contribution in [2.45, 2.75) is 25.9 Å². The number of hydrogen-bond acceptors (Lipinski definition) is 2. The molecule has 3 N–H and O–H groups in total. The Morgan fingerprint density at radius 1 is 1.54 bits per heavy atom. The molecule has 1 unspecified atom stereocenters. The van der Waals surface area contributed by atoms with E-state index >= 15 is 0 Å². The van der Waals surface area contributed by atoms with Gasteiger partial charge in [-0.3, -0.25) is 0 Å². The lowest BCUT2D eigenvalue weighted by atomic mass is 10.1. The van der Waals surface area contributed by atoms with Crippen molar-refractivity contribution in [2.75, 3.05) is 0 Å². The van der Waals surface area contributed by atoms with Crippen molar-refractivity contribution >= 4 is 5.97 Å². The molecule has 0 bridgehead atoms. The third kappa shape index (κ3) is 1.14. The van der Waals surface area contributed by atoms with Gasteiger partial charge < -0.3 is 15.2 Å². The first-order valence-corrected chi connectivity index (χ1v) is 4.21. The Hall–Kier alpha value is -1.29. The number of aliphatic hydroxyl groups is 1. The van der Waals surface area contributed by atoms with Crippen LogP contribution in [0.1, 0.15) is 27.3 Å². The van der Waals surface area contributed by atoms with Crippen LogP contribution in [0.5, 0.6) is 0 Å². The van der Waals surface area contributed by atoms with E-state index in [2.05, 4.69) is 4.98 Å². The number of carboxylic acids is 1. The standard InChI is InChI=1S/C9H11NO3/c1-4-6-2-5(11)3-7(6)10-8(4)9(12)13/h5,10-11H,2-3H2,1H3,(H,12,13). The van der Waals surface area contributed by atoms with Gasteiger partial charge in [-0.25, -0.2) is 4.79 Å². The van der Waals surface area contributed by atoms with E-state index in [1.807, 2.05) is 0 Å². The van der Waals surface area contributed by atoms with Gasteiger partial charge in [-0.05, 0) is 18.1 Å². The number of aromatic nitrogens is 1. The molecule has 0 spiro atoms. The Balaban J connectivity index is 2.47. The summed E-state index contributed by atoms with van der Waals surface area (Å²) in [5, 5.41) is 18.1. The lowest BCUT2D eigenvalue weighted by Crippen LogP contribution is -2.07. The Morgan fingerprint density at radius 2 is 2.23 bits per heavy atom. The number of carboxylic acid groups (broad SMARTS) is 1. The molecule has 2 rings (SSSR count). The number of carbonyl (C=O) groups is 1. The van der Waals surface area contributed by atoms with E-state index in [0.717, 1.165) is 16.8 Å². The smallest absolute Gasteiger partial charge is 0.352 e. The number of aromatic amines is 1. The van der Waals surface area contributed by atoms with Gasteiger partial charge >= 0.3 is 5.97 Å². The van der Waals surface area contributed by atoms with E-state index in [0.29, 0.717) is 12.8 Å². The van der Waals surface area contributed by atoms with E-state index < -0.39 is 5.97 Å². The van der Waals surface area contributed by atoms with Crippen molar-refractivity contribution in [3.05, 3.63) is 22.5 Å². The van der Waals surface area contributed by atoms with Gasteiger partial charge in [-0.1, -0.05) is 0 Å². The zero-order valence-corrected chi connectivity index (χ0v) is 7.29. The first kappa shape index (κ1) is 8.31. The molecule has 1 aromatic heterocycles. The molecule has 4 nitrogen and oxygen atoms in total. The first-order chi connectivity index (χ1) is 6.09. The number of fused-ring (bicyclic) bond motifs is 1. The minimum absolute atomic E-state index is 0.261. The van der Waals surface area contributed by atoms with E-state index in [9.17, 15) is 9.90 Å². The van der Waals surface area contributed by atoms with Gasteiger partial charge in [0.05, 0.1) is 6.10 Å². The van der Waals surface area contributed by atoms with Gasteiger partial charge in [0, 0.05) is 18.5 Å². The van der Waals surface area contributed by atoms with Crippen molar-refractivity contribution in [3.63, 3.8) is 0 Å². The number of H-pyrrole nitrogens is 1. The number of hydrogen-bond donors (Lipinski definition) is 3. The predicted molar refractivity (Wildman–Crippen MR) is 45.9 cm³/mol. The van der Waals surface area contributed by atoms with Crippen LogP contribution in [0.3, 0.4) is 0 Å². The first-order valence-electron chi connectivity index (χ1n) is 4.21.